The van der Waals surface area contributed by atoms with Crippen molar-refractivity contribution in [2.75, 3.05) is 20.1 Å². The lowest BCUT2D eigenvalue weighted by molar-refractivity contribution is -0.132. The van der Waals surface area contributed by atoms with Crippen molar-refractivity contribution in [1.82, 2.24) is 10.2 Å². The summed E-state index contributed by atoms with van der Waals surface area (Å²) >= 11 is 1.70. The van der Waals surface area contributed by atoms with Crippen LogP contribution in [0.5, 0.6) is 0 Å². The number of nitrogens with one attached hydrogen (secondary N) is 1. The van der Waals surface area contributed by atoms with Gasteiger partial charge < -0.3 is 10.2 Å². The van der Waals surface area contributed by atoms with Gasteiger partial charge in [-0.3, -0.25) is 9.59 Å². The second-order valence-corrected chi connectivity index (χ2v) is 9.03. The lowest BCUT2D eigenvalue weighted by Gasteiger charge is -2.28. The number of halogens is 1. The first-order valence-corrected chi connectivity index (χ1v) is 11.2. The summed E-state index contributed by atoms with van der Waals surface area (Å²) in [5, 5.41) is 4.85. The van der Waals surface area contributed by atoms with E-state index >= 15 is 0 Å². The Morgan fingerprint density at radius 3 is 2.58 bits per heavy atom. The number of hydrogen-bond donors (Lipinski definition) is 1. The average Bonchev–Trinajstić information content (AvgIpc) is 3.45. The number of likely N-dealkylation sites (tertiary alicyclic amines) is 1. The van der Waals surface area contributed by atoms with E-state index in [-0.39, 0.29) is 24.1 Å². The quantitative estimate of drug-likeness (QED) is 0.626. The minimum Gasteiger partial charge on any atom is -0.359 e. The Labute approximate surface area is 185 Å². The molecule has 6 heteroatoms. The van der Waals surface area contributed by atoms with Crippen molar-refractivity contribution in [2.24, 2.45) is 5.41 Å². The molecule has 2 aromatic carbocycles. The molecule has 3 aromatic rings. The standard InChI is InChI=1S/C25H25FN2O2S/c1-27-24(30)25(16-18-7-9-20(10-8-18)22-6-3-13-31-22)11-12-28(17-25)23(29)15-19-4-2-5-21(26)14-19/h2-10,13-14H,11-12,15-17H2,1H3,(H,27,30)/t25-/m1/s1. The van der Waals surface area contributed by atoms with E-state index < -0.39 is 5.41 Å². The van der Waals surface area contributed by atoms with Crippen LogP contribution in [0.1, 0.15) is 17.5 Å². The molecule has 0 radical (unpaired) electrons. The highest BCUT2D eigenvalue weighted by molar-refractivity contribution is 7.13. The molecule has 31 heavy (non-hydrogen) atoms. The van der Waals surface area contributed by atoms with E-state index in [1.807, 2.05) is 6.07 Å². The van der Waals surface area contributed by atoms with Crippen molar-refractivity contribution in [3.8, 4) is 10.4 Å². The summed E-state index contributed by atoms with van der Waals surface area (Å²) < 4.78 is 13.5. The van der Waals surface area contributed by atoms with E-state index in [2.05, 4.69) is 41.0 Å². The van der Waals surface area contributed by atoms with Crippen molar-refractivity contribution in [1.29, 1.82) is 0 Å². The van der Waals surface area contributed by atoms with Crippen LogP contribution in [0.4, 0.5) is 4.39 Å². The number of thiophene rings is 1. The SMILES string of the molecule is CNC(=O)[C@@]1(Cc2ccc(-c3cccs3)cc2)CCN(C(=O)Cc2cccc(F)c2)C1. The van der Waals surface area contributed by atoms with Crippen LogP contribution in [0.3, 0.4) is 0 Å². The minimum absolute atomic E-state index is 0.0455. The van der Waals surface area contributed by atoms with Gasteiger partial charge >= 0.3 is 0 Å². The van der Waals surface area contributed by atoms with Gasteiger partial charge in [0.15, 0.2) is 0 Å². The van der Waals surface area contributed by atoms with E-state index in [9.17, 15) is 14.0 Å². The molecule has 4 rings (SSSR count). The molecule has 1 aliphatic rings. The number of hydrogen-bond acceptors (Lipinski definition) is 3. The molecule has 2 amide bonds. The topological polar surface area (TPSA) is 49.4 Å². The first-order chi connectivity index (χ1) is 15.0. The van der Waals surface area contributed by atoms with Gasteiger partial charge in [-0.1, -0.05) is 42.5 Å². The molecule has 0 unspecified atom stereocenters. The van der Waals surface area contributed by atoms with Crippen molar-refractivity contribution in [2.45, 2.75) is 19.3 Å². The van der Waals surface area contributed by atoms with Gasteiger partial charge in [0.25, 0.3) is 0 Å². The number of rotatable bonds is 6. The minimum atomic E-state index is -0.656. The third-order valence-corrected chi connectivity index (χ3v) is 6.88. The van der Waals surface area contributed by atoms with Gasteiger partial charge in [-0.05, 0) is 53.1 Å². The Kier molecular flexibility index (Phi) is 6.18. The summed E-state index contributed by atoms with van der Waals surface area (Å²) in [6.07, 6.45) is 1.31. The molecule has 1 saturated heterocycles. The lowest BCUT2D eigenvalue weighted by atomic mass is 9.79. The highest BCUT2D eigenvalue weighted by atomic mass is 32.1. The molecule has 4 nitrogen and oxygen atoms in total. The Bertz CT molecular complexity index is 1070. The maximum absolute atomic E-state index is 13.5. The van der Waals surface area contributed by atoms with Crippen molar-refractivity contribution in [3.05, 3.63) is 83.0 Å². The number of nitrogens with zero attached hydrogens (tertiary/aromatic N) is 1. The van der Waals surface area contributed by atoms with Gasteiger partial charge in [0.05, 0.1) is 11.8 Å². The summed E-state index contributed by atoms with van der Waals surface area (Å²) in [4.78, 5) is 28.6. The largest absolute Gasteiger partial charge is 0.359 e. The highest BCUT2D eigenvalue weighted by Gasteiger charge is 2.45. The summed E-state index contributed by atoms with van der Waals surface area (Å²) in [5.74, 6) is -0.474. The Hall–Kier alpha value is -2.99. The second-order valence-electron chi connectivity index (χ2n) is 8.08. The van der Waals surface area contributed by atoms with Gasteiger partial charge in [-0.15, -0.1) is 11.3 Å². The maximum atomic E-state index is 13.5. The van der Waals surface area contributed by atoms with Crippen molar-refractivity contribution < 1.29 is 14.0 Å². The Morgan fingerprint density at radius 1 is 1.10 bits per heavy atom. The molecule has 1 N–H and O–H groups in total. The fourth-order valence-electron chi connectivity index (χ4n) is 4.31. The molecule has 1 aliphatic heterocycles. The summed E-state index contributed by atoms with van der Waals surface area (Å²) in [6, 6.07) is 18.5. The van der Waals surface area contributed by atoms with E-state index in [1.54, 1.807) is 35.4 Å². The van der Waals surface area contributed by atoms with Crippen LogP contribution >= 0.6 is 11.3 Å². The zero-order valence-electron chi connectivity index (χ0n) is 17.4. The van der Waals surface area contributed by atoms with Gasteiger partial charge in [0, 0.05) is 25.0 Å². The zero-order valence-corrected chi connectivity index (χ0v) is 18.3. The molecule has 2 heterocycles. The van der Waals surface area contributed by atoms with Gasteiger partial charge in [0.2, 0.25) is 11.8 Å². The zero-order chi connectivity index (χ0) is 21.8. The van der Waals surface area contributed by atoms with Crippen LogP contribution in [-0.4, -0.2) is 36.9 Å². The first kappa shape index (κ1) is 21.2. The maximum Gasteiger partial charge on any atom is 0.228 e. The summed E-state index contributed by atoms with van der Waals surface area (Å²) in [6.45, 7) is 0.891. The monoisotopic (exact) mass is 436 g/mol. The lowest BCUT2D eigenvalue weighted by Crippen LogP contribution is -2.44. The van der Waals surface area contributed by atoms with Crippen molar-refractivity contribution in [3.63, 3.8) is 0 Å². The van der Waals surface area contributed by atoms with Crippen LogP contribution in [0, 0.1) is 11.2 Å². The molecule has 1 aromatic heterocycles. The second kappa shape index (κ2) is 9.02. The first-order valence-electron chi connectivity index (χ1n) is 10.4. The van der Waals surface area contributed by atoms with Crippen molar-refractivity contribution >= 4 is 23.2 Å². The molecule has 0 spiro atoms. The number of carbonyl (C=O) groups is 2. The van der Waals surface area contributed by atoms with E-state index in [0.29, 0.717) is 31.5 Å². The smallest absolute Gasteiger partial charge is 0.228 e. The highest BCUT2D eigenvalue weighted by Crippen LogP contribution is 2.36. The molecular weight excluding hydrogens is 411 g/mol. The molecule has 1 fully saturated rings. The number of amides is 2. The van der Waals surface area contributed by atoms with Gasteiger partial charge in [-0.2, -0.15) is 0 Å². The van der Waals surface area contributed by atoms with E-state index in [0.717, 1.165) is 11.1 Å². The van der Waals surface area contributed by atoms with Crippen LogP contribution in [0.2, 0.25) is 0 Å². The van der Waals surface area contributed by atoms with Crippen LogP contribution < -0.4 is 5.32 Å². The third kappa shape index (κ3) is 4.69. The van der Waals surface area contributed by atoms with Crippen LogP contribution in [-0.2, 0) is 22.4 Å². The average molecular weight is 437 g/mol. The molecule has 160 valence electrons. The fourth-order valence-corrected chi connectivity index (χ4v) is 5.05. The molecule has 0 bridgehead atoms. The van der Waals surface area contributed by atoms with Gasteiger partial charge in [0.1, 0.15) is 5.82 Å². The molecular formula is C25H25FN2O2S. The predicted octanol–water partition coefficient (Wildman–Crippen LogP) is 4.30. The summed E-state index contributed by atoms with van der Waals surface area (Å²) in [7, 11) is 1.64. The van der Waals surface area contributed by atoms with Crippen LogP contribution in [0.25, 0.3) is 10.4 Å². The molecule has 0 saturated carbocycles. The predicted molar refractivity (Wildman–Crippen MR) is 121 cm³/mol. The van der Waals surface area contributed by atoms with Gasteiger partial charge in [-0.25, -0.2) is 4.39 Å². The Balaban J connectivity index is 1.48. The van der Waals surface area contributed by atoms with Crippen LogP contribution in [0.15, 0.2) is 66.0 Å². The molecule has 0 aliphatic carbocycles. The number of benzene rings is 2. The Morgan fingerprint density at radius 2 is 1.90 bits per heavy atom. The normalized spacial score (nSPS) is 18.2. The van der Waals surface area contributed by atoms with E-state index in [1.165, 1.54) is 17.0 Å². The third-order valence-electron chi connectivity index (χ3n) is 5.96. The summed E-state index contributed by atoms with van der Waals surface area (Å²) in [5.41, 5.74) is 2.22. The number of carbonyl (C=O) groups excluding carboxylic acids is 2. The molecule has 1 atom stereocenters. The fraction of sp³-hybridized carbons (Fsp3) is 0.280. The van der Waals surface area contributed by atoms with E-state index in [4.69, 9.17) is 0 Å².